The van der Waals surface area contributed by atoms with E-state index in [9.17, 15) is 4.79 Å². The van der Waals surface area contributed by atoms with Crippen molar-refractivity contribution in [2.45, 2.75) is 6.42 Å². The molecule has 0 radical (unpaired) electrons. The molecule has 1 aromatic carbocycles. The molecule has 88 valence electrons. The first-order valence-electron chi connectivity index (χ1n) is 5.55. The number of carboxylic acid groups (broad SMARTS) is 1. The third-order valence-corrected chi connectivity index (χ3v) is 2.86. The SMILES string of the molecule is CN1C=C[C@H](C(=O)O)C=C1Cc1ccccc1. The molecule has 0 fully saturated rings. The summed E-state index contributed by atoms with van der Waals surface area (Å²) in [6, 6.07) is 10.0. The smallest absolute Gasteiger partial charge is 0.314 e. The molecular formula is C14H15NO2. The first-order valence-corrected chi connectivity index (χ1v) is 5.55. The highest BCUT2D eigenvalue weighted by atomic mass is 16.4. The molecule has 0 spiro atoms. The van der Waals surface area contributed by atoms with E-state index in [0.717, 1.165) is 12.1 Å². The lowest BCUT2D eigenvalue weighted by molar-refractivity contribution is -0.138. The number of rotatable bonds is 3. The molecule has 0 aliphatic carbocycles. The van der Waals surface area contributed by atoms with E-state index in [1.165, 1.54) is 5.56 Å². The summed E-state index contributed by atoms with van der Waals surface area (Å²) in [5, 5.41) is 8.99. The van der Waals surface area contributed by atoms with Gasteiger partial charge in [-0.3, -0.25) is 4.79 Å². The number of benzene rings is 1. The van der Waals surface area contributed by atoms with Crippen molar-refractivity contribution in [3.05, 3.63) is 59.9 Å². The van der Waals surface area contributed by atoms with E-state index in [-0.39, 0.29) is 0 Å². The molecule has 0 saturated carbocycles. The highest BCUT2D eigenvalue weighted by Crippen LogP contribution is 2.19. The van der Waals surface area contributed by atoms with Gasteiger partial charge in [0.1, 0.15) is 0 Å². The second-order valence-electron chi connectivity index (χ2n) is 4.14. The zero-order valence-corrected chi connectivity index (χ0v) is 9.71. The number of aliphatic carboxylic acids is 1. The second-order valence-corrected chi connectivity index (χ2v) is 4.14. The molecular weight excluding hydrogens is 214 g/mol. The van der Waals surface area contributed by atoms with Gasteiger partial charge < -0.3 is 10.0 Å². The molecule has 0 saturated heterocycles. The summed E-state index contributed by atoms with van der Waals surface area (Å²) in [7, 11) is 1.93. The van der Waals surface area contributed by atoms with Crippen LogP contribution in [0, 0.1) is 5.92 Å². The van der Waals surface area contributed by atoms with Gasteiger partial charge in [-0.25, -0.2) is 0 Å². The summed E-state index contributed by atoms with van der Waals surface area (Å²) in [6.07, 6.45) is 6.06. The highest BCUT2D eigenvalue weighted by Gasteiger charge is 2.17. The fourth-order valence-electron chi connectivity index (χ4n) is 1.84. The topological polar surface area (TPSA) is 40.5 Å². The molecule has 1 aliphatic rings. The molecule has 1 atom stereocenters. The summed E-state index contributed by atoms with van der Waals surface area (Å²) in [5.74, 6) is -1.31. The number of carbonyl (C=O) groups is 1. The second kappa shape index (κ2) is 4.87. The van der Waals surface area contributed by atoms with Crippen LogP contribution in [0.2, 0.25) is 0 Å². The largest absolute Gasteiger partial charge is 0.481 e. The lowest BCUT2D eigenvalue weighted by Gasteiger charge is -2.24. The van der Waals surface area contributed by atoms with E-state index in [0.29, 0.717) is 0 Å². The lowest BCUT2D eigenvalue weighted by atomic mass is 10.0. The van der Waals surface area contributed by atoms with Crippen LogP contribution in [0.4, 0.5) is 0 Å². The van der Waals surface area contributed by atoms with Gasteiger partial charge in [0, 0.05) is 25.4 Å². The third kappa shape index (κ3) is 2.75. The van der Waals surface area contributed by atoms with Crippen LogP contribution in [0.15, 0.2) is 54.4 Å². The van der Waals surface area contributed by atoms with Gasteiger partial charge in [0.05, 0.1) is 5.92 Å². The molecule has 1 aromatic rings. The molecule has 0 bridgehead atoms. The maximum absolute atomic E-state index is 10.9. The minimum Gasteiger partial charge on any atom is -0.481 e. The summed E-state index contributed by atoms with van der Waals surface area (Å²) in [4.78, 5) is 12.9. The predicted octanol–water partition coefficient (Wildman–Crippen LogP) is 2.27. The van der Waals surface area contributed by atoms with Gasteiger partial charge in [-0.05, 0) is 11.6 Å². The monoisotopic (exact) mass is 229 g/mol. The van der Waals surface area contributed by atoms with E-state index in [1.807, 2.05) is 48.5 Å². The zero-order chi connectivity index (χ0) is 12.3. The number of carboxylic acids is 1. The maximum atomic E-state index is 10.9. The van der Waals surface area contributed by atoms with Gasteiger partial charge in [0.25, 0.3) is 0 Å². The Hall–Kier alpha value is -2.03. The van der Waals surface area contributed by atoms with E-state index in [2.05, 4.69) is 0 Å². The van der Waals surface area contributed by atoms with E-state index in [1.54, 1.807) is 12.2 Å². The number of nitrogens with zero attached hydrogens (tertiary/aromatic N) is 1. The third-order valence-electron chi connectivity index (χ3n) is 2.86. The number of hydrogen-bond donors (Lipinski definition) is 1. The summed E-state index contributed by atoms with van der Waals surface area (Å²) in [6.45, 7) is 0. The first-order chi connectivity index (χ1) is 8.16. The van der Waals surface area contributed by atoms with Crippen LogP contribution in [-0.2, 0) is 11.2 Å². The fraction of sp³-hybridized carbons (Fsp3) is 0.214. The highest BCUT2D eigenvalue weighted by molar-refractivity contribution is 5.74. The Morgan fingerprint density at radius 3 is 2.71 bits per heavy atom. The molecule has 0 unspecified atom stereocenters. The Bertz CT molecular complexity index is 462. The molecule has 1 heterocycles. The minimum atomic E-state index is -0.806. The Kier molecular flexibility index (Phi) is 3.28. The van der Waals surface area contributed by atoms with Crippen LogP contribution in [0.1, 0.15) is 5.56 Å². The van der Waals surface area contributed by atoms with Crippen molar-refractivity contribution in [1.29, 1.82) is 0 Å². The van der Waals surface area contributed by atoms with Gasteiger partial charge in [-0.2, -0.15) is 0 Å². The van der Waals surface area contributed by atoms with Crippen LogP contribution in [0.3, 0.4) is 0 Å². The number of hydrogen-bond acceptors (Lipinski definition) is 2. The molecule has 3 heteroatoms. The molecule has 3 nitrogen and oxygen atoms in total. The van der Waals surface area contributed by atoms with Crippen molar-refractivity contribution >= 4 is 5.97 Å². The first kappa shape index (κ1) is 11.5. The van der Waals surface area contributed by atoms with Crippen LogP contribution in [0.25, 0.3) is 0 Å². The van der Waals surface area contributed by atoms with Crippen molar-refractivity contribution in [3.63, 3.8) is 0 Å². The average molecular weight is 229 g/mol. The Morgan fingerprint density at radius 1 is 1.35 bits per heavy atom. The molecule has 0 aromatic heterocycles. The fourth-order valence-corrected chi connectivity index (χ4v) is 1.84. The molecule has 17 heavy (non-hydrogen) atoms. The molecule has 2 rings (SSSR count). The van der Waals surface area contributed by atoms with Crippen LogP contribution in [-0.4, -0.2) is 23.0 Å². The number of likely N-dealkylation sites (N-methyl/N-ethyl adjacent to an activating group) is 1. The van der Waals surface area contributed by atoms with Gasteiger partial charge in [-0.15, -0.1) is 0 Å². The molecule has 0 amide bonds. The Morgan fingerprint density at radius 2 is 2.06 bits per heavy atom. The lowest BCUT2D eigenvalue weighted by Crippen LogP contribution is -2.21. The summed E-state index contributed by atoms with van der Waals surface area (Å²) < 4.78 is 0. The van der Waals surface area contributed by atoms with E-state index < -0.39 is 11.9 Å². The number of allylic oxidation sites excluding steroid dienone is 1. The summed E-state index contributed by atoms with van der Waals surface area (Å²) >= 11 is 0. The van der Waals surface area contributed by atoms with Gasteiger partial charge in [0.15, 0.2) is 0 Å². The average Bonchev–Trinajstić information content (AvgIpc) is 2.33. The standard InChI is InChI=1S/C14H15NO2/c1-15-8-7-12(14(16)17)10-13(15)9-11-5-3-2-4-6-11/h2-8,10,12H,9H2,1H3,(H,16,17)/t12-/m0/s1. The molecule has 1 N–H and O–H groups in total. The van der Waals surface area contributed by atoms with E-state index in [4.69, 9.17) is 5.11 Å². The van der Waals surface area contributed by atoms with Gasteiger partial charge >= 0.3 is 5.97 Å². The summed E-state index contributed by atoms with van der Waals surface area (Å²) in [5.41, 5.74) is 2.20. The maximum Gasteiger partial charge on any atom is 0.314 e. The Labute approximate surface area is 101 Å². The Balaban J connectivity index is 2.17. The van der Waals surface area contributed by atoms with Crippen LogP contribution in [0.5, 0.6) is 0 Å². The van der Waals surface area contributed by atoms with Crippen molar-refractivity contribution in [2.24, 2.45) is 5.92 Å². The van der Waals surface area contributed by atoms with Gasteiger partial charge in [-0.1, -0.05) is 36.4 Å². The zero-order valence-electron chi connectivity index (χ0n) is 9.71. The van der Waals surface area contributed by atoms with Crippen molar-refractivity contribution in [2.75, 3.05) is 7.05 Å². The van der Waals surface area contributed by atoms with Crippen molar-refractivity contribution < 1.29 is 9.90 Å². The minimum absolute atomic E-state index is 0.509. The van der Waals surface area contributed by atoms with Crippen molar-refractivity contribution in [3.8, 4) is 0 Å². The molecule has 1 aliphatic heterocycles. The van der Waals surface area contributed by atoms with Crippen molar-refractivity contribution in [1.82, 2.24) is 4.90 Å². The quantitative estimate of drug-likeness (QED) is 0.864. The normalized spacial score (nSPS) is 19.0. The van der Waals surface area contributed by atoms with Crippen LogP contribution < -0.4 is 0 Å². The van der Waals surface area contributed by atoms with Crippen LogP contribution >= 0.6 is 0 Å². The van der Waals surface area contributed by atoms with Gasteiger partial charge in [0.2, 0.25) is 0 Å². The van der Waals surface area contributed by atoms with E-state index >= 15 is 0 Å². The predicted molar refractivity (Wildman–Crippen MR) is 66.3 cm³/mol.